The highest BCUT2D eigenvalue weighted by atomic mass is 16.5. The van der Waals surface area contributed by atoms with Crippen LogP contribution in [0.25, 0.3) is 0 Å². The van der Waals surface area contributed by atoms with Gasteiger partial charge < -0.3 is 15.8 Å². The Morgan fingerprint density at radius 1 is 1.40 bits per heavy atom. The van der Waals surface area contributed by atoms with Crippen LogP contribution >= 0.6 is 0 Å². The molecule has 0 unspecified atom stereocenters. The number of nitrogens with one attached hydrogen (secondary N) is 1. The Labute approximate surface area is 120 Å². The van der Waals surface area contributed by atoms with E-state index >= 15 is 0 Å². The van der Waals surface area contributed by atoms with Crippen molar-refractivity contribution in [3.63, 3.8) is 0 Å². The minimum absolute atomic E-state index is 0.0520. The van der Waals surface area contributed by atoms with Crippen LogP contribution in [0.1, 0.15) is 34.3 Å². The molecular weight excluding hydrogens is 252 g/mol. The fraction of sp³-hybridized carbons (Fsp3) is 0.438. The van der Waals surface area contributed by atoms with E-state index in [0.717, 1.165) is 30.6 Å². The quantitative estimate of drug-likeness (QED) is 0.610. The molecule has 1 amide bonds. The molecular formula is C16H22N2O2. The van der Waals surface area contributed by atoms with Gasteiger partial charge in [-0.25, -0.2) is 0 Å². The predicted octanol–water partition coefficient (Wildman–Crippen LogP) is 1.46. The van der Waals surface area contributed by atoms with Gasteiger partial charge in [-0.2, -0.15) is 0 Å². The van der Waals surface area contributed by atoms with E-state index < -0.39 is 0 Å². The number of benzene rings is 1. The number of aryl methyl sites for hydroxylation is 1. The molecule has 1 aromatic rings. The number of unbranched alkanes of at least 4 members (excludes halogenated alkanes) is 1. The number of hydrogen-bond acceptors (Lipinski definition) is 3. The molecule has 0 heterocycles. The smallest absolute Gasteiger partial charge is 0.251 e. The number of methoxy groups -OCH3 is 1. The van der Waals surface area contributed by atoms with Crippen molar-refractivity contribution < 1.29 is 9.53 Å². The summed E-state index contributed by atoms with van der Waals surface area (Å²) in [7, 11) is 1.68. The van der Waals surface area contributed by atoms with Gasteiger partial charge in [0.2, 0.25) is 0 Å². The maximum Gasteiger partial charge on any atom is 0.251 e. The second-order valence-electron chi connectivity index (χ2n) is 4.49. The Kier molecular flexibility index (Phi) is 7.41. The summed E-state index contributed by atoms with van der Waals surface area (Å²) in [5.41, 5.74) is 7.90. The Bertz CT molecular complexity index is 501. The molecule has 0 aromatic heterocycles. The Morgan fingerprint density at radius 3 is 2.85 bits per heavy atom. The average Bonchev–Trinajstić information content (AvgIpc) is 2.45. The largest absolute Gasteiger partial charge is 0.385 e. The van der Waals surface area contributed by atoms with E-state index in [2.05, 4.69) is 17.2 Å². The van der Waals surface area contributed by atoms with Crippen molar-refractivity contribution >= 4 is 5.91 Å². The summed E-state index contributed by atoms with van der Waals surface area (Å²) in [6.07, 6.45) is 1.86. The van der Waals surface area contributed by atoms with E-state index in [0.29, 0.717) is 18.7 Å². The molecule has 3 N–H and O–H groups in total. The van der Waals surface area contributed by atoms with Crippen LogP contribution < -0.4 is 11.1 Å². The lowest BCUT2D eigenvalue weighted by molar-refractivity contribution is 0.0951. The van der Waals surface area contributed by atoms with Crippen molar-refractivity contribution in [3.8, 4) is 11.8 Å². The molecule has 1 rings (SSSR count). The lowest BCUT2D eigenvalue weighted by Gasteiger charge is -2.06. The monoisotopic (exact) mass is 274 g/mol. The van der Waals surface area contributed by atoms with E-state index in [1.807, 2.05) is 19.1 Å². The Hall–Kier alpha value is -1.83. The molecule has 0 saturated heterocycles. The molecule has 4 heteroatoms. The van der Waals surface area contributed by atoms with Crippen molar-refractivity contribution in [1.29, 1.82) is 0 Å². The van der Waals surface area contributed by atoms with E-state index in [1.54, 1.807) is 13.2 Å². The van der Waals surface area contributed by atoms with Crippen LogP contribution in [0, 0.1) is 18.8 Å². The summed E-state index contributed by atoms with van der Waals surface area (Å²) < 4.78 is 4.96. The topological polar surface area (TPSA) is 64.3 Å². The fourth-order valence-electron chi connectivity index (χ4n) is 1.77. The van der Waals surface area contributed by atoms with Crippen LogP contribution in [0.15, 0.2) is 18.2 Å². The lowest BCUT2D eigenvalue weighted by atomic mass is 10.0. The maximum atomic E-state index is 12.0. The van der Waals surface area contributed by atoms with Crippen molar-refractivity contribution in [3.05, 3.63) is 34.9 Å². The van der Waals surface area contributed by atoms with E-state index in [9.17, 15) is 4.79 Å². The number of carbonyl (C=O) groups is 1. The molecule has 0 bridgehead atoms. The number of carbonyl (C=O) groups excluding carboxylic acids is 1. The molecule has 20 heavy (non-hydrogen) atoms. The summed E-state index contributed by atoms with van der Waals surface area (Å²) >= 11 is 0. The van der Waals surface area contributed by atoms with E-state index in [-0.39, 0.29) is 5.91 Å². The molecule has 108 valence electrons. The standard InChI is InChI=1S/C16H22N2O2/c1-13-12-15(8-7-14(13)6-5-9-17)16(19)18-10-3-4-11-20-2/h7-8,12H,3-4,9-11,17H2,1-2H3,(H,18,19). The second-order valence-corrected chi connectivity index (χ2v) is 4.49. The van der Waals surface area contributed by atoms with Crippen LogP contribution in [0.2, 0.25) is 0 Å². The van der Waals surface area contributed by atoms with Gasteiger partial charge in [0.05, 0.1) is 6.54 Å². The van der Waals surface area contributed by atoms with Crippen LogP contribution in [0.5, 0.6) is 0 Å². The second kappa shape index (κ2) is 9.13. The van der Waals surface area contributed by atoms with Gasteiger partial charge in [0.25, 0.3) is 5.91 Å². The first kappa shape index (κ1) is 16.2. The Morgan fingerprint density at radius 2 is 2.20 bits per heavy atom. The van der Waals surface area contributed by atoms with Crippen molar-refractivity contribution in [2.75, 3.05) is 26.8 Å². The van der Waals surface area contributed by atoms with Crippen molar-refractivity contribution in [1.82, 2.24) is 5.32 Å². The van der Waals surface area contributed by atoms with Gasteiger partial charge in [-0.05, 0) is 43.5 Å². The molecule has 0 radical (unpaired) electrons. The summed E-state index contributed by atoms with van der Waals surface area (Å²) in [5, 5.41) is 2.90. The van der Waals surface area contributed by atoms with Crippen molar-refractivity contribution in [2.24, 2.45) is 5.73 Å². The third-order valence-corrected chi connectivity index (χ3v) is 2.87. The van der Waals surface area contributed by atoms with Gasteiger partial charge >= 0.3 is 0 Å². The minimum atomic E-state index is -0.0520. The Balaban J connectivity index is 2.54. The summed E-state index contributed by atoms with van der Waals surface area (Å²) in [6, 6.07) is 5.50. The number of ether oxygens (including phenoxy) is 1. The molecule has 0 aliphatic rings. The van der Waals surface area contributed by atoms with Gasteiger partial charge in [-0.3, -0.25) is 4.79 Å². The lowest BCUT2D eigenvalue weighted by Crippen LogP contribution is -2.24. The van der Waals surface area contributed by atoms with Gasteiger partial charge in [0.15, 0.2) is 0 Å². The van der Waals surface area contributed by atoms with Gasteiger partial charge in [-0.15, -0.1) is 0 Å². The number of amides is 1. The van der Waals surface area contributed by atoms with Crippen LogP contribution in [-0.2, 0) is 4.74 Å². The first-order valence-electron chi connectivity index (χ1n) is 6.75. The molecule has 0 aliphatic carbocycles. The number of rotatable bonds is 6. The first-order valence-corrected chi connectivity index (χ1v) is 6.75. The minimum Gasteiger partial charge on any atom is -0.385 e. The zero-order chi connectivity index (χ0) is 14.8. The third kappa shape index (κ3) is 5.43. The summed E-state index contributed by atoms with van der Waals surface area (Å²) in [6.45, 7) is 3.67. The van der Waals surface area contributed by atoms with Gasteiger partial charge in [-0.1, -0.05) is 11.8 Å². The van der Waals surface area contributed by atoms with E-state index in [1.165, 1.54) is 0 Å². The first-order chi connectivity index (χ1) is 9.69. The predicted molar refractivity (Wildman–Crippen MR) is 80.6 cm³/mol. The van der Waals surface area contributed by atoms with Gasteiger partial charge in [0.1, 0.15) is 0 Å². The third-order valence-electron chi connectivity index (χ3n) is 2.87. The van der Waals surface area contributed by atoms with Crippen LogP contribution in [0.4, 0.5) is 0 Å². The highest BCUT2D eigenvalue weighted by Gasteiger charge is 2.06. The highest BCUT2D eigenvalue weighted by Crippen LogP contribution is 2.10. The molecule has 4 nitrogen and oxygen atoms in total. The van der Waals surface area contributed by atoms with E-state index in [4.69, 9.17) is 10.5 Å². The molecule has 1 aromatic carbocycles. The normalized spacial score (nSPS) is 9.75. The van der Waals surface area contributed by atoms with Crippen molar-refractivity contribution in [2.45, 2.75) is 19.8 Å². The summed E-state index contributed by atoms with van der Waals surface area (Å²) in [5.74, 6) is 5.75. The SMILES string of the molecule is COCCCCNC(=O)c1ccc(C#CCN)c(C)c1. The number of nitrogens with two attached hydrogens (primary N) is 1. The zero-order valence-corrected chi connectivity index (χ0v) is 12.2. The highest BCUT2D eigenvalue weighted by molar-refractivity contribution is 5.94. The fourth-order valence-corrected chi connectivity index (χ4v) is 1.77. The van der Waals surface area contributed by atoms with Crippen LogP contribution in [-0.4, -0.2) is 32.7 Å². The maximum absolute atomic E-state index is 12.0. The number of hydrogen-bond donors (Lipinski definition) is 2. The average molecular weight is 274 g/mol. The van der Waals surface area contributed by atoms with Crippen LogP contribution in [0.3, 0.4) is 0 Å². The molecule has 0 saturated carbocycles. The molecule has 0 aliphatic heterocycles. The zero-order valence-electron chi connectivity index (χ0n) is 12.2. The molecule has 0 atom stereocenters. The summed E-state index contributed by atoms with van der Waals surface area (Å²) in [4.78, 5) is 12.0. The van der Waals surface area contributed by atoms with Gasteiger partial charge in [0, 0.05) is 31.4 Å². The molecule has 0 fully saturated rings. The molecule has 0 spiro atoms.